The number of rotatable bonds is 6. The monoisotopic (exact) mass is 353 g/mol. The Kier molecular flexibility index (Phi) is 6.37. The first kappa shape index (κ1) is 18.9. The third-order valence-electron chi connectivity index (χ3n) is 4.19. The molecule has 2 unspecified atom stereocenters. The third kappa shape index (κ3) is 5.03. The van der Waals surface area contributed by atoms with E-state index in [0.717, 1.165) is 12.0 Å². The van der Waals surface area contributed by atoms with Crippen LogP contribution in [-0.4, -0.2) is 38.3 Å². The Morgan fingerprint density at radius 1 is 1.17 bits per heavy atom. The normalized spacial score (nSPS) is 22.3. The second-order valence-electron chi connectivity index (χ2n) is 6.65. The van der Waals surface area contributed by atoms with Crippen LogP contribution in [0.4, 0.5) is 0 Å². The minimum atomic E-state index is -3.48. The van der Waals surface area contributed by atoms with E-state index in [1.54, 1.807) is 24.3 Å². The van der Waals surface area contributed by atoms with Crippen LogP contribution in [0.2, 0.25) is 0 Å². The zero-order valence-corrected chi connectivity index (χ0v) is 15.4. The minimum Gasteiger partial charge on any atom is -0.352 e. The molecule has 0 saturated carbocycles. The SMILES string of the molecule is CCNC(=O)c1ccc(CNS(=O)(=O)N2CC(C)CC(C)C2)cc1. The van der Waals surface area contributed by atoms with Crippen LogP contribution in [0.5, 0.6) is 0 Å². The number of carbonyl (C=O) groups is 1. The molecule has 2 atom stereocenters. The summed E-state index contributed by atoms with van der Waals surface area (Å²) in [5, 5.41) is 2.73. The molecular formula is C17H27N3O3S. The van der Waals surface area contributed by atoms with Crippen LogP contribution in [0, 0.1) is 11.8 Å². The van der Waals surface area contributed by atoms with Gasteiger partial charge >= 0.3 is 0 Å². The van der Waals surface area contributed by atoms with Gasteiger partial charge in [0.05, 0.1) is 0 Å². The van der Waals surface area contributed by atoms with Crippen LogP contribution in [0.25, 0.3) is 0 Å². The second kappa shape index (κ2) is 8.09. The van der Waals surface area contributed by atoms with E-state index in [1.165, 1.54) is 4.31 Å². The van der Waals surface area contributed by atoms with Crippen LogP contribution in [0.15, 0.2) is 24.3 Å². The maximum absolute atomic E-state index is 12.5. The van der Waals surface area contributed by atoms with Gasteiger partial charge in [0.2, 0.25) is 0 Å². The molecule has 134 valence electrons. The number of hydrogen-bond acceptors (Lipinski definition) is 3. The molecule has 1 aromatic carbocycles. The van der Waals surface area contributed by atoms with Gasteiger partial charge < -0.3 is 5.32 Å². The Hall–Kier alpha value is -1.44. The van der Waals surface area contributed by atoms with Gasteiger partial charge in [-0.1, -0.05) is 26.0 Å². The molecule has 6 nitrogen and oxygen atoms in total. The largest absolute Gasteiger partial charge is 0.352 e. The van der Waals surface area contributed by atoms with E-state index in [1.807, 2.05) is 6.92 Å². The maximum Gasteiger partial charge on any atom is 0.279 e. The van der Waals surface area contributed by atoms with E-state index in [9.17, 15) is 13.2 Å². The average Bonchev–Trinajstić information content (AvgIpc) is 2.53. The molecule has 1 aliphatic heterocycles. The molecule has 7 heteroatoms. The highest BCUT2D eigenvalue weighted by atomic mass is 32.2. The topological polar surface area (TPSA) is 78.5 Å². The lowest BCUT2D eigenvalue weighted by atomic mass is 9.94. The first-order valence-electron chi connectivity index (χ1n) is 8.43. The Morgan fingerprint density at radius 3 is 2.29 bits per heavy atom. The summed E-state index contributed by atoms with van der Waals surface area (Å²) in [4.78, 5) is 11.7. The Bertz CT molecular complexity index is 648. The molecule has 0 aliphatic carbocycles. The highest BCUT2D eigenvalue weighted by Gasteiger charge is 2.30. The van der Waals surface area contributed by atoms with Crippen LogP contribution >= 0.6 is 0 Å². The summed E-state index contributed by atoms with van der Waals surface area (Å²) in [6.45, 7) is 7.95. The molecule has 1 heterocycles. The van der Waals surface area contributed by atoms with E-state index < -0.39 is 10.2 Å². The Morgan fingerprint density at radius 2 is 1.75 bits per heavy atom. The van der Waals surface area contributed by atoms with Crippen molar-refractivity contribution in [1.29, 1.82) is 0 Å². The summed E-state index contributed by atoms with van der Waals surface area (Å²) in [6.07, 6.45) is 1.06. The smallest absolute Gasteiger partial charge is 0.279 e. The first-order chi connectivity index (χ1) is 11.3. The molecular weight excluding hydrogens is 326 g/mol. The van der Waals surface area contributed by atoms with Crippen LogP contribution in [-0.2, 0) is 16.8 Å². The van der Waals surface area contributed by atoms with E-state index in [4.69, 9.17) is 0 Å². The number of nitrogens with zero attached hydrogens (tertiary/aromatic N) is 1. The lowest BCUT2D eigenvalue weighted by Crippen LogP contribution is -2.47. The van der Waals surface area contributed by atoms with Crippen LogP contribution in [0.1, 0.15) is 43.1 Å². The molecule has 0 aromatic heterocycles. The molecule has 1 fully saturated rings. The van der Waals surface area contributed by atoms with Crippen molar-refractivity contribution in [2.75, 3.05) is 19.6 Å². The van der Waals surface area contributed by atoms with Gasteiger partial charge in [0, 0.05) is 31.7 Å². The summed E-state index contributed by atoms with van der Waals surface area (Å²) in [5.41, 5.74) is 1.40. The first-order valence-corrected chi connectivity index (χ1v) is 9.87. The van der Waals surface area contributed by atoms with E-state index in [2.05, 4.69) is 23.9 Å². The molecule has 1 aliphatic rings. The van der Waals surface area contributed by atoms with Crippen molar-refractivity contribution < 1.29 is 13.2 Å². The predicted octanol–water partition coefficient (Wildman–Crippen LogP) is 1.75. The summed E-state index contributed by atoms with van der Waals surface area (Å²) in [7, 11) is -3.48. The van der Waals surface area contributed by atoms with Gasteiger partial charge in [-0.15, -0.1) is 0 Å². The fourth-order valence-corrected chi connectivity index (χ4v) is 4.54. The zero-order chi connectivity index (χ0) is 17.7. The summed E-state index contributed by atoms with van der Waals surface area (Å²) in [6, 6.07) is 6.96. The number of benzene rings is 1. The van der Waals surface area contributed by atoms with Gasteiger partial charge in [0.25, 0.3) is 16.1 Å². The number of nitrogens with one attached hydrogen (secondary N) is 2. The van der Waals surface area contributed by atoms with E-state index in [-0.39, 0.29) is 12.5 Å². The summed E-state index contributed by atoms with van der Waals surface area (Å²) >= 11 is 0. The van der Waals surface area contributed by atoms with Gasteiger partial charge in [-0.2, -0.15) is 17.4 Å². The number of hydrogen-bond donors (Lipinski definition) is 2. The van der Waals surface area contributed by atoms with Gasteiger partial charge in [-0.25, -0.2) is 0 Å². The third-order valence-corrected chi connectivity index (χ3v) is 5.67. The molecule has 0 bridgehead atoms. The van der Waals surface area contributed by atoms with Gasteiger partial charge in [0.1, 0.15) is 0 Å². The summed E-state index contributed by atoms with van der Waals surface area (Å²) < 4.78 is 29.1. The fourth-order valence-electron chi connectivity index (χ4n) is 3.10. The molecule has 0 radical (unpaired) electrons. The molecule has 2 rings (SSSR count). The average molecular weight is 353 g/mol. The molecule has 24 heavy (non-hydrogen) atoms. The lowest BCUT2D eigenvalue weighted by Gasteiger charge is -2.33. The van der Waals surface area contributed by atoms with Crippen molar-refractivity contribution in [3.8, 4) is 0 Å². The minimum absolute atomic E-state index is 0.124. The standard InChI is InChI=1S/C17H27N3O3S/c1-4-18-17(21)16-7-5-15(6-8-16)10-19-24(22,23)20-11-13(2)9-14(3)12-20/h5-8,13-14,19H,4,9-12H2,1-3H3,(H,18,21). The maximum atomic E-state index is 12.5. The Balaban J connectivity index is 1.95. The molecule has 0 spiro atoms. The number of piperidine rings is 1. The second-order valence-corrected chi connectivity index (χ2v) is 8.40. The van der Waals surface area contributed by atoms with E-state index >= 15 is 0 Å². The quantitative estimate of drug-likeness (QED) is 0.818. The highest BCUT2D eigenvalue weighted by Crippen LogP contribution is 2.22. The molecule has 1 saturated heterocycles. The van der Waals surface area contributed by atoms with E-state index in [0.29, 0.717) is 37.0 Å². The summed E-state index contributed by atoms with van der Waals surface area (Å²) in [5.74, 6) is 0.629. The lowest BCUT2D eigenvalue weighted by molar-refractivity contribution is 0.0956. The van der Waals surface area contributed by atoms with Crippen LogP contribution < -0.4 is 10.0 Å². The number of amides is 1. The van der Waals surface area contributed by atoms with Crippen molar-refractivity contribution in [1.82, 2.24) is 14.3 Å². The van der Waals surface area contributed by atoms with Crippen molar-refractivity contribution in [3.63, 3.8) is 0 Å². The predicted molar refractivity (Wildman–Crippen MR) is 94.7 cm³/mol. The van der Waals surface area contributed by atoms with Gasteiger partial charge in [-0.05, 0) is 42.9 Å². The number of carbonyl (C=O) groups excluding carboxylic acids is 1. The van der Waals surface area contributed by atoms with Gasteiger partial charge in [0.15, 0.2) is 0 Å². The van der Waals surface area contributed by atoms with Crippen molar-refractivity contribution in [2.24, 2.45) is 11.8 Å². The van der Waals surface area contributed by atoms with Crippen LogP contribution in [0.3, 0.4) is 0 Å². The molecule has 1 amide bonds. The van der Waals surface area contributed by atoms with Crippen molar-refractivity contribution in [3.05, 3.63) is 35.4 Å². The zero-order valence-electron chi connectivity index (χ0n) is 14.6. The molecule has 1 aromatic rings. The fraction of sp³-hybridized carbons (Fsp3) is 0.588. The van der Waals surface area contributed by atoms with Crippen molar-refractivity contribution in [2.45, 2.75) is 33.7 Å². The molecule has 2 N–H and O–H groups in total. The Labute approximate surface area is 144 Å². The van der Waals surface area contributed by atoms with Gasteiger partial charge in [-0.3, -0.25) is 4.79 Å². The van der Waals surface area contributed by atoms with Crippen molar-refractivity contribution >= 4 is 16.1 Å². The highest BCUT2D eigenvalue weighted by molar-refractivity contribution is 7.87.